The quantitative estimate of drug-likeness (QED) is 0.882. The topological polar surface area (TPSA) is 29.5 Å². The molecule has 3 atom stereocenters. The van der Waals surface area contributed by atoms with Gasteiger partial charge in [0.05, 0.1) is 15.6 Å². The van der Waals surface area contributed by atoms with Crippen LogP contribution in [-0.2, 0) is 4.74 Å². The standard InChI is InChI=1S/C15H20Cl2O2/c1-10-5-4-8-15(9-10,19-2)14(18)11-6-3-7-12(16)13(11)17/h3,6-7,10,14,18H,4-5,8-9H2,1-2H3. The van der Waals surface area contributed by atoms with Gasteiger partial charge in [-0.1, -0.05) is 55.1 Å². The summed E-state index contributed by atoms with van der Waals surface area (Å²) in [5.74, 6) is 0.543. The van der Waals surface area contributed by atoms with Gasteiger partial charge in [0.15, 0.2) is 0 Å². The van der Waals surface area contributed by atoms with Crippen molar-refractivity contribution in [3.05, 3.63) is 33.8 Å². The van der Waals surface area contributed by atoms with Crippen molar-refractivity contribution < 1.29 is 9.84 Å². The molecule has 0 bridgehead atoms. The average Bonchev–Trinajstić information content (AvgIpc) is 2.41. The maximum Gasteiger partial charge on any atom is 0.109 e. The number of aliphatic hydroxyl groups is 1. The normalized spacial score (nSPS) is 29.2. The van der Waals surface area contributed by atoms with E-state index in [0.717, 1.165) is 19.3 Å². The molecular formula is C15H20Cl2O2. The second kappa shape index (κ2) is 6.01. The number of methoxy groups -OCH3 is 1. The first kappa shape index (κ1) is 15.1. The molecule has 3 unspecified atom stereocenters. The Balaban J connectivity index is 2.35. The molecule has 0 radical (unpaired) electrons. The molecule has 1 aromatic carbocycles. The molecular weight excluding hydrogens is 283 g/mol. The zero-order valence-electron chi connectivity index (χ0n) is 11.3. The molecule has 0 aromatic heterocycles. The van der Waals surface area contributed by atoms with E-state index in [1.165, 1.54) is 6.42 Å². The van der Waals surface area contributed by atoms with E-state index >= 15 is 0 Å². The highest BCUT2D eigenvalue weighted by molar-refractivity contribution is 6.42. The van der Waals surface area contributed by atoms with Gasteiger partial charge in [0.2, 0.25) is 0 Å². The van der Waals surface area contributed by atoms with Crippen molar-refractivity contribution in [3.8, 4) is 0 Å². The highest BCUT2D eigenvalue weighted by atomic mass is 35.5. The highest BCUT2D eigenvalue weighted by Crippen LogP contribution is 2.45. The summed E-state index contributed by atoms with van der Waals surface area (Å²) in [6.45, 7) is 2.19. The Morgan fingerprint density at radius 1 is 1.42 bits per heavy atom. The first-order valence-electron chi connectivity index (χ1n) is 6.67. The Morgan fingerprint density at radius 2 is 2.16 bits per heavy atom. The predicted molar refractivity (Wildman–Crippen MR) is 78.8 cm³/mol. The molecule has 0 saturated heterocycles. The Morgan fingerprint density at radius 3 is 2.79 bits per heavy atom. The van der Waals surface area contributed by atoms with E-state index in [9.17, 15) is 5.11 Å². The second-order valence-corrected chi connectivity index (χ2v) is 6.30. The second-order valence-electron chi connectivity index (χ2n) is 5.52. The van der Waals surface area contributed by atoms with Crippen LogP contribution in [0.2, 0.25) is 10.0 Å². The smallest absolute Gasteiger partial charge is 0.109 e. The molecule has 0 aliphatic heterocycles. The fraction of sp³-hybridized carbons (Fsp3) is 0.600. The van der Waals surface area contributed by atoms with Crippen LogP contribution >= 0.6 is 23.2 Å². The van der Waals surface area contributed by atoms with Crippen LogP contribution < -0.4 is 0 Å². The van der Waals surface area contributed by atoms with E-state index in [2.05, 4.69) is 6.92 Å². The number of aliphatic hydroxyl groups excluding tert-OH is 1. The minimum atomic E-state index is -0.744. The van der Waals surface area contributed by atoms with Crippen LogP contribution in [0.25, 0.3) is 0 Å². The molecule has 1 saturated carbocycles. The summed E-state index contributed by atoms with van der Waals surface area (Å²) in [4.78, 5) is 0. The van der Waals surface area contributed by atoms with Gasteiger partial charge in [0.1, 0.15) is 6.10 Å². The molecule has 19 heavy (non-hydrogen) atoms. The number of ether oxygens (including phenoxy) is 1. The van der Waals surface area contributed by atoms with Crippen molar-refractivity contribution in [2.75, 3.05) is 7.11 Å². The molecule has 0 heterocycles. The van der Waals surface area contributed by atoms with Crippen molar-refractivity contribution >= 4 is 23.2 Å². The Bertz CT molecular complexity index is 450. The van der Waals surface area contributed by atoms with E-state index in [1.807, 2.05) is 12.1 Å². The molecule has 1 aliphatic carbocycles. The molecule has 0 amide bonds. The maximum atomic E-state index is 10.8. The summed E-state index contributed by atoms with van der Waals surface area (Å²) in [6, 6.07) is 5.35. The van der Waals surface area contributed by atoms with E-state index in [0.29, 0.717) is 21.5 Å². The minimum absolute atomic E-state index is 0.423. The molecule has 1 aromatic rings. The lowest BCUT2D eigenvalue weighted by molar-refractivity contribution is -0.134. The highest BCUT2D eigenvalue weighted by Gasteiger charge is 2.43. The Hall–Kier alpha value is -0.280. The lowest BCUT2D eigenvalue weighted by Gasteiger charge is -2.42. The van der Waals surface area contributed by atoms with Crippen LogP contribution in [0.5, 0.6) is 0 Å². The number of halogens is 2. The van der Waals surface area contributed by atoms with Crippen molar-refractivity contribution in [1.82, 2.24) is 0 Å². The maximum absolute atomic E-state index is 10.8. The Kier molecular flexibility index (Phi) is 4.78. The van der Waals surface area contributed by atoms with Gasteiger partial charge in [0, 0.05) is 12.7 Å². The zero-order valence-corrected chi connectivity index (χ0v) is 12.8. The van der Waals surface area contributed by atoms with Gasteiger partial charge in [-0.15, -0.1) is 0 Å². The van der Waals surface area contributed by atoms with Crippen LogP contribution in [0.15, 0.2) is 18.2 Å². The first-order valence-corrected chi connectivity index (χ1v) is 7.43. The van der Waals surface area contributed by atoms with Gasteiger partial charge in [-0.2, -0.15) is 0 Å². The van der Waals surface area contributed by atoms with E-state index < -0.39 is 11.7 Å². The summed E-state index contributed by atoms with van der Waals surface area (Å²) in [6.07, 6.45) is 3.18. The summed E-state index contributed by atoms with van der Waals surface area (Å²) in [7, 11) is 1.67. The number of benzene rings is 1. The largest absolute Gasteiger partial charge is 0.385 e. The van der Waals surface area contributed by atoms with E-state index in [4.69, 9.17) is 27.9 Å². The molecule has 2 nitrogen and oxygen atoms in total. The summed E-state index contributed by atoms with van der Waals surface area (Å²) >= 11 is 12.2. The van der Waals surface area contributed by atoms with E-state index in [1.54, 1.807) is 13.2 Å². The van der Waals surface area contributed by atoms with E-state index in [-0.39, 0.29) is 0 Å². The number of rotatable bonds is 3. The molecule has 4 heteroatoms. The van der Waals surface area contributed by atoms with Crippen LogP contribution in [0.3, 0.4) is 0 Å². The fourth-order valence-corrected chi connectivity index (χ4v) is 3.52. The van der Waals surface area contributed by atoms with Gasteiger partial charge in [-0.05, 0) is 24.8 Å². The number of hydrogen-bond donors (Lipinski definition) is 1. The third kappa shape index (κ3) is 2.92. The Labute approximate surface area is 124 Å². The SMILES string of the molecule is COC1(C(O)c2cccc(Cl)c2Cl)CCCC(C)C1. The molecule has 0 spiro atoms. The van der Waals surface area contributed by atoms with Gasteiger partial charge in [0.25, 0.3) is 0 Å². The van der Waals surface area contributed by atoms with Crippen LogP contribution in [0, 0.1) is 5.92 Å². The third-order valence-corrected chi connectivity index (χ3v) is 5.01. The molecule has 2 rings (SSSR count). The van der Waals surface area contributed by atoms with Crippen molar-refractivity contribution in [1.29, 1.82) is 0 Å². The van der Waals surface area contributed by atoms with Gasteiger partial charge in [-0.3, -0.25) is 0 Å². The van der Waals surface area contributed by atoms with Gasteiger partial charge in [-0.25, -0.2) is 0 Å². The van der Waals surface area contributed by atoms with Gasteiger partial charge < -0.3 is 9.84 Å². The van der Waals surface area contributed by atoms with Crippen LogP contribution in [-0.4, -0.2) is 17.8 Å². The van der Waals surface area contributed by atoms with Crippen molar-refractivity contribution in [2.45, 2.75) is 44.3 Å². The van der Waals surface area contributed by atoms with Crippen molar-refractivity contribution in [2.24, 2.45) is 5.92 Å². The number of hydrogen-bond acceptors (Lipinski definition) is 2. The lowest BCUT2D eigenvalue weighted by atomic mass is 9.74. The minimum Gasteiger partial charge on any atom is -0.385 e. The van der Waals surface area contributed by atoms with Crippen molar-refractivity contribution in [3.63, 3.8) is 0 Å². The summed E-state index contributed by atoms with van der Waals surface area (Å²) < 4.78 is 5.71. The summed E-state index contributed by atoms with van der Waals surface area (Å²) in [5.41, 5.74) is 0.108. The molecule has 1 aliphatic rings. The molecule has 1 N–H and O–H groups in total. The van der Waals surface area contributed by atoms with Crippen LogP contribution in [0.1, 0.15) is 44.3 Å². The lowest BCUT2D eigenvalue weighted by Crippen LogP contribution is -2.42. The first-order chi connectivity index (χ1) is 9.00. The summed E-state index contributed by atoms with van der Waals surface area (Å²) in [5, 5.41) is 11.6. The third-order valence-electron chi connectivity index (χ3n) is 4.17. The van der Waals surface area contributed by atoms with Gasteiger partial charge >= 0.3 is 0 Å². The molecule has 1 fully saturated rings. The zero-order chi connectivity index (χ0) is 14.0. The molecule has 106 valence electrons. The average molecular weight is 303 g/mol. The monoisotopic (exact) mass is 302 g/mol. The predicted octanol–water partition coefficient (Wildman–Crippen LogP) is 4.62. The fourth-order valence-electron chi connectivity index (χ4n) is 3.10. The van der Waals surface area contributed by atoms with Crippen LogP contribution in [0.4, 0.5) is 0 Å².